The fourth-order valence-corrected chi connectivity index (χ4v) is 2.83. The highest BCUT2D eigenvalue weighted by Gasteiger charge is 2.14. The van der Waals surface area contributed by atoms with Crippen LogP contribution in [0.4, 0.5) is 0 Å². The summed E-state index contributed by atoms with van der Waals surface area (Å²) in [6.45, 7) is 1.15. The van der Waals surface area contributed by atoms with Crippen molar-refractivity contribution in [1.82, 2.24) is 10.3 Å². The van der Waals surface area contributed by atoms with Crippen LogP contribution < -0.4 is 5.32 Å². The molecule has 2 nitrogen and oxygen atoms in total. The van der Waals surface area contributed by atoms with Crippen molar-refractivity contribution in [3.63, 3.8) is 0 Å². The zero-order valence-corrected chi connectivity index (χ0v) is 9.44. The Kier molecular flexibility index (Phi) is 3.67. The summed E-state index contributed by atoms with van der Waals surface area (Å²) in [5, 5.41) is 5.16. The van der Waals surface area contributed by atoms with Crippen molar-refractivity contribution < 1.29 is 0 Å². The summed E-state index contributed by atoms with van der Waals surface area (Å²) in [5.41, 5.74) is 0. The van der Waals surface area contributed by atoms with Crippen LogP contribution >= 0.6 is 23.4 Å². The Morgan fingerprint density at radius 1 is 1.64 bits per heavy atom. The minimum absolute atomic E-state index is 0.637. The van der Waals surface area contributed by atoms with Crippen LogP contribution in [0.1, 0.15) is 12.8 Å². The van der Waals surface area contributed by atoms with Crippen molar-refractivity contribution >= 4 is 23.4 Å². The van der Waals surface area contributed by atoms with E-state index in [0.29, 0.717) is 6.04 Å². The third-order valence-corrected chi connectivity index (χ3v) is 3.89. The zero-order valence-electron chi connectivity index (χ0n) is 7.87. The molecule has 1 saturated heterocycles. The first-order valence-corrected chi connectivity index (χ1v) is 6.19. The second kappa shape index (κ2) is 5.01. The van der Waals surface area contributed by atoms with Gasteiger partial charge < -0.3 is 5.32 Å². The van der Waals surface area contributed by atoms with E-state index in [1.807, 2.05) is 12.1 Å². The molecule has 0 bridgehead atoms. The molecule has 2 rings (SSSR count). The highest BCUT2D eigenvalue weighted by atomic mass is 35.5. The lowest BCUT2D eigenvalue weighted by molar-refractivity contribution is 0.673. The van der Waals surface area contributed by atoms with Gasteiger partial charge in [-0.05, 0) is 31.5 Å². The predicted octanol–water partition coefficient (Wildman–Crippen LogP) is 2.58. The molecule has 2 heterocycles. The van der Waals surface area contributed by atoms with Crippen LogP contribution in [0.3, 0.4) is 0 Å². The van der Waals surface area contributed by atoms with Gasteiger partial charge in [0.05, 0.1) is 5.02 Å². The Bertz CT molecular complexity index is 300. The third kappa shape index (κ3) is 2.62. The summed E-state index contributed by atoms with van der Waals surface area (Å²) in [6, 6.07) is 4.39. The number of aromatic nitrogens is 1. The number of pyridine rings is 1. The molecule has 0 amide bonds. The maximum Gasteiger partial charge on any atom is 0.115 e. The van der Waals surface area contributed by atoms with Gasteiger partial charge in [0.2, 0.25) is 0 Å². The van der Waals surface area contributed by atoms with Gasteiger partial charge in [0.1, 0.15) is 5.03 Å². The van der Waals surface area contributed by atoms with Crippen LogP contribution in [-0.2, 0) is 0 Å². The second-order valence-electron chi connectivity index (χ2n) is 3.39. The van der Waals surface area contributed by atoms with Crippen LogP contribution in [0.15, 0.2) is 23.4 Å². The molecule has 1 aliphatic rings. The summed E-state index contributed by atoms with van der Waals surface area (Å²) < 4.78 is 0. The molecule has 1 fully saturated rings. The number of halogens is 1. The normalized spacial score (nSPS) is 21.4. The van der Waals surface area contributed by atoms with Gasteiger partial charge in [-0.25, -0.2) is 4.98 Å². The fourth-order valence-electron chi connectivity index (χ4n) is 1.56. The number of rotatable bonds is 3. The van der Waals surface area contributed by atoms with Gasteiger partial charge in [0.15, 0.2) is 0 Å². The molecule has 4 heteroatoms. The molecular formula is C10H13ClN2S. The molecule has 1 N–H and O–H groups in total. The van der Waals surface area contributed by atoms with Crippen molar-refractivity contribution in [3.8, 4) is 0 Å². The SMILES string of the molecule is Clc1cccnc1SCC1CCCN1. The quantitative estimate of drug-likeness (QED) is 0.806. The maximum absolute atomic E-state index is 6.01. The van der Waals surface area contributed by atoms with E-state index in [1.165, 1.54) is 12.8 Å². The number of nitrogens with one attached hydrogen (secondary N) is 1. The van der Waals surface area contributed by atoms with E-state index in [0.717, 1.165) is 22.3 Å². The summed E-state index contributed by atoms with van der Waals surface area (Å²) in [7, 11) is 0. The largest absolute Gasteiger partial charge is 0.313 e. The van der Waals surface area contributed by atoms with Crippen molar-refractivity contribution in [3.05, 3.63) is 23.4 Å². The lowest BCUT2D eigenvalue weighted by atomic mass is 10.3. The Balaban J connectivity index is 1.88. The molecule has 14 heavy (non-hydrogen) atoms. The monoisotopic (exact) mass is 228 g/mol. The van der Waals surface area contributed by atoms with E-state index in [4.69, 9.17) is 11.6 Å². The van der Waals surface area contributed by atoms with Crippen LogP contribution in [0.25, 0.3) is 0 Å². The van der Waals surface area contributed by atoms with Crippen molar-refractivity contribution in [2.45, 2.75) is 23.9 Å². The molecule has 1 unspecified atom stereocenters. The number of hydrogen-bond donors (Lipinski definition) is 1. The van der Waals surface area contributed by atoms with Crippen LogP contribution in [0.2, 0.25) is 5.02 Å². The molecule has 0 aromatic carbocycles. The maximum atomic E-state index is 6.01. The summed E-state index contributed by atoms with van der Waals surface area (Å²) in [5.74, 6) is 1.07. The fraction of sp³-hybridized carbons (Fsp3) is 0.500. The van der Waals surface area contributed by atoms with Crippen LogP contribution in [0.5, 0.6) is 0 Å². The van der Waals surface area contributed by atoms with E-state index < -0.39 is 0 Å². The Labute approximate surface area is 93.4 Å². The van der Waals surface area contributed by atoms with Gasteiger partial charge in [0, 0.05) is 18.0 Å². The molecule has 76 valence electrons. The van der Waals surface area contributed by atoms with E-state index in [9.17, 15) is 0 Å². The van der Waals surface area contributed by atoms with Crippen LogP contribution in [0, 0.1) is 0 Å². The standard InChI is InChI=1S/C10H13ClN2S/c11-9-4-2-6-13-10(9)14-7-8-3-1-5-12-8/h2,4,6,8,12H,1,3,5,7H2. The minimum atomic E-state index is 0.637. The molecular weight excluding hydrogens is 216 g/mol. The lowest BCUT2D eigenvalue weighted by Crippen LogP contribution is -2.23. The molecule has 1 atom stereocenters. The van der Waals surface area contributed by atoms with Gasteiger partial charge >= 0.3 is 0 Å². The number of nitrogens with zero attached hydrogens (tertiary/aromatic N) is 1. The molecule has 0 radical (unpaired) electrons. The van der Waals surface area contributed by atoms with Crippen molar-refractivity contribution in [2.75, 3.05) is 12.3 Å². The average Bonchev–Trinajstić information content (AvgIpc) is 2.69. The van der Waals surface area contributed by atoms with Gasteiger partial charge in [-0.1, -0.05) is 11.6 Å². The van der Waals surface area contributed by atoms with Crippen molar-refractivity contribution in [2.24, 2.45) is 0 Å². The summed E-state index contributed by atoms with van der Waals surface area (Å²) in [4.78, 5) is 4.24. The molecule has 0 spiro atoms. The van der Waals surface area contributed by atoms with E-state index in [-0.39, 0.29) is 0 Å². The first-order chi connectivity index (χ1) is 6.86. The highest BCUT2D eigenvalue weighted by molar-refractivity contribution is 7.99. The smallest absolute Gasteiger partial charge is 0.115 e. The minimum Gasteiger partial charge on any atom is -0.313 e. The number of thioether (sulfide) groups is 1. The van der Waals surface area contributed by atoms with E-state index in [2.05, 4.69) is 10.3 Å². The van der Waals surface area contributed by atoms with E-state index in [1.54, 1.807) is 18.0 Å². The van der Waals surface area contributed by atoms with Gasteiger partial charge in [-0.3, -0.25) is 0 Å². The average molecular weight is 229 g/mol. The first-order valence-electron chi connectivity index (χ1n) is 4.83. The molecule has 1 aromatic heterocycles. The topological polar surface area (TPSA) is 24.9 Å². The van der Waals surface area contributed by atoms with E-state index >= 15 is 0 Å². The molecule has 0 aliphatic carbocycles. The molecule has 0 saturated carbocycles. The molecule has 1 aromatic rings. The zero-order chi connectivity index (χ0) is 9.80. The Hall–Kier alpha value is -0.250. The number of hydrogen-bond acceptors (Lipinski definition) is 3. The Morgan fingerprint density at radius 2 is 2.57 bits per heavy atom. The summed E-state index contributed by atoms with van der Waals surface area (Å²) >= 11 is 7.74. The van der Waals surface area contributed by atoms with Gasteiger partial charge in [0.25, 0.3) is 0 Å². The van der Waals surface area contributed by atoms with Gasteiger partial charge in [-0.15, -0.1) is 11.8 Å². The Morgan fingerprint density at radius 3 is 3.29 bits per heavy atom. The molecule has 1 aliphatic heterocycles. The van der Waals surface area contributed by atoms with Crippen LogP contribution in [-0.4, -0.2) is 23.3 Å². The lowest BCUT2D eigenvalue weighted by Gasteiger charge is -2.09. The third-order valence-electron chi connectivity index (χ3n) is 2.31. The second-order valence-corrected chi connectivity index (χ2v) is 4.81. The highest BCUT2D eigenvalue weighted by Crippen LogP contribution is 2.25. The van der Waals surface area contributed by atoms with Crippen molar-refractivity contribution in [1.29, 1.82) is 0 Å². The first kappa shape index (κ1) is 10.3. The van der Waals surface area contributed by atoms with Gasteiger partial charge in [-0.2, -0.15) is 0 Å². The summed E-state index contributed by atoms with van der Waals surface area (Å²) in [6.07, 6.45) is 4.36. The predicted molar refractivity (Wildman–Crippen MR) is 61.0 cm³/mol.